The second kappa shape index (κ2) is 6.70. The normalized spacial score (nSPS) is 19.8. The maximum Gasteiger partial charge on any atom is 0.347 e. The molecule has 5 heteroatoms. The average Bonchev–Trinajstić information content (AvgIpc) is 2.84. The first-order valence-corrected chi connectivity index (χ1v) is 6.98. The fourth-order valence-corrected chi connectivity index (χ4v) is 2.10. The minimum absolute atomic E-state index is 0.0787. The van der Waals surface area contributed by atoms with Crippen LogP contribution in [-0.4, -0.2) is 25.2 Å². The molecule has 2 rings (SSSR count). The summed E-state index contributed by atoms with van der Waals surface area (Å²) in [6, 6.07) is 4.91. The maximum absolute atomic E-state index is 14.0. The summed E-state index contributed by atoms with van der Waals surface area (Å²) in [5.41, 5.74) is 0.859. The van der Waals surface area contributed by atoms with Gasteiger partial charge >= 0.3 is 5.97 Å². The molecule has 0 aromatic heterocycles. The molecule has 1 aromatic rings. The van der Waals surface area contributed by atoms with Crippen LogP contribution in [0.15, 0.2) is 18.2 Å². The van der Waals surface area contributed by atoms with Gasteiger partial charge in [0.15, 0.2) is 17.7 Å². The minimum Gasteiger partial charge on any atom is -0.476 e. The van der Waals surface area contributed by atoms with Gasteiger partial charge in [0, 0.05) is 12.5 Å². The van der Waals surface area contributed by atoms with E-state index in [1.54, 1.807) is 6.07 Å². The molecule has 1 heterocycles. The zero-order valence-corrected chi connectivity index (χ0v) is 11.8. The molecule has 2 atom stereocenters. The highest BCUT2D eigenvalue weighted by atomic mass is 19.1. The van der Waals surface area contributed by atoms with Gasteiger partial charge in [-0.2, -0.15) is 0 Å². The van der Waals surface area contributed by atoms with Crippen LogP contribution >= 0.6 is 0 Å². The van der Waals surface area contributed by atoms with Gasteiger partial charge in [-0.3, -0.25) is 0 Å². The Bertz CT molecular complexity index is 478. The Morgan fingerprint density at radius 2 is 2.35 bits per heavy atom. The fourth-order valence-electron chi connectivity index (χ4n) is 2.10. The fraction of sp³-hybridized carbons (Fsp3) is 0.533. The summed E-state index contributed by atoms with van der Waals surface area (Å²) < 4.78 is 24.2. The first kappa shape index (κ1) is 14.8. The molecular weight excluding hydrogens is 261 g/mol. The highest BCUT2D eigenvalue weighted by Gasteiger charge is 2.29. The number of ether oxygens (including phenoxy) is 2. The molecular formula is C15H20FNO3. The molecule has 1 N–H and O–H groups in total. The molecule has 0 amide bonds. The van der Waals surface area contributed by atoms with Crippen molar-refractivity contribution in [2.24, 2.45) is 0 Å². The first-order valence-electron chi connectivity index (χ1n) is 6.98. The standard InChI is InChI=1S/C15H20FNO3/c1-3-7-17-10(2)11-4-5-13(12(16)9-11)20-14-6-8-19-15(14)18/h4-5,9-10,14,17H,3,6-8H2,1-2H3. The predicted molar refractivity (Wildman–Crippen MR) is 73.1 cm³/mol. The molecule has 1 saturated heterocycles. The van der Waals surface area contributed by atoms with Crippen molar-refractivity contribution < 1.29 is 18.7 Å². The number of carbonyl (C=O) groups is 1. The lowest BCUT2D eigenvalue weighted by Gasteiger charge is -2.16. The van der Waals surface area contributed by atoms with Crippen molar-refractivity contribution in [2.45, 2.75) is 38.8 Å². The summed E-state index contributed by atoms with van der Waals surface area (Å²) in [7, 11) is 0. The summed E-state index contributed by atoms with van der Waals surface area (Å²) in [4.78, 5) is 11.3. The van der Waals surface area contributed by atoms with Gasteiger partial charge in [-0.25, -0.2) is 9.18 Å². The van der Waals surface area contributed by atoms with Crippen LogP contribution in [-0.2, 0) is 9.53 Å². The van der Waals surface area contributed by atoms with Crippen LogP contribution in [0.2, 0.25) is 0 Å². The molecule has 110 valence electrons. The number of rotatable bonds is 6. The van der Waals surface area contributed by atoms with Crippen LogP contribution in [0.4, 0.5) is 4.39 Å². The lowest BCUT2D eigenvalue weighted by atomic mass is 10.1. The largest absolute Gasteiger partial charge is 0.476 e. The van der Waals surface area contributed by atoms with Gasteiger partial charge in [0.2, 0.25) is 0 Å². The molecule has 4 nitrogen and oxygen atoms in total. The Balaban J connectivity index is 2.03. The number of benzene rings is 1. The van der Waals surface area contributed by atoms with E-state index in [9.17, 15) is 9.18 Å². The maximum atomic E-state index is 14.0. The number of hydrogen-bond acceptors (Lipinski definition) is 4. The van der Waals surface area contributed by atoms with Crippen LogP contribution < -0.4 is 10.1 Å². The number of esters is 1. The van der Waals surface area contributed by atoms with Crippen LogP contribution in [0.1, 0.15) is 38.3 Å². The molecule has 1 aliphatic rings. The molecule has 1 aliphatic heterocycles. The van der Waals surface area contributed by atoms with E-state index in [1.807, 2.05) is 13.0 Å². The van der Waals surface area contributed by atoms with Crippen molar-refractivity contribution >= 4 is 5.97 Å². The van der Waals surface area contributed by atoms with E-state index in [0.717, 1.165) is 18.5 Å². The number of carbonyl (C=O) groups excluding carboxylic acids is 1. The topological polar surface area (TPSA) is 47.6 Å². The highest BCUT2D eigenvalue weighted by molar-refractivity contribution is 5.76. The summed E-state index contributed by atoms with van der Waals surface area (Å²) in [5, 5.41) is 3.29. The number of nitrogens with one attached hydrogen (secondary N) is 1. The average molecular weight is 281 g/mol. The first-order chi connectivity index (χ1) is 9.61. The molecule has 1 aromatic carbocycles. The van der Waals surface area contributed by atoms with Crippen LogP contribution in [0.3, 0.4) is 0 Å². The monoisotopic (exact) mass is 281 g/mol. The quantitative estimate of drug-likeness (QED) is 0.814. The third-order valence-electron chi connectivity index (χ3n) is 3.31. The zero-order chi connectivity index (χ0) is 14.5. The molecule has 0 aliphatic carbocycles. The van der Waals surface area contributed by atoms with Gasteiger partial charge in [-0.15, -0.1) is 0 Å². The summed E-state index contributed by atoms with van der Waals surface area (Å²) in [6.45, 7) is 5.29. The lowest BCUT2D eigenvalue weighted by molar-refractivity contribution is -0.143. The number of hydrogen-bond donors (Lipinski definition) is 1. The lowest BCUT2D eigenvalue weighted by Crippen LogP contribution is -2.22. The Kier molecular flexibility index (Phi) is 4.95. The van der Waals surface area contributed by atoms with E-state index in [1.165, 1.54) is 6.07 Å². The molecule has 0 spiro atoms. The number of halogens is 1. The third-order valence-corrected chi connectivity index (χ3v) is 3.31. The Labute approximate surface area is 118 Å². The summed E-state index contributed by atoms with van der Waals surface area (Å²) in [6.07, 6.45) is 0.803. The van der Waals surface area contributed by atoms with Crippen molar-refractivity contribution in [3.05, 3.63) is 29.6 Å². The van der Waals surface area contributed by atoms with E-state index in [-0.39, 0.29) is 11.8 Å². The van der Waals surface area contributed by atoms with Crippen LogP contribution in [0, 0.1) is 5.82 Å². The molecule has 20 heavy (non-hydrogen) atoms. The van der Waals surface area contributed by atoms with E-state index in [0.29, 0.717) is 13.0 Å². The van der Waals surface area contributed by atoms with Crippen molar-refractivity contribution in [3.63, 3.8) is 0 Å². The Hall–Kier alpha value is -1.62. The van der Waals surface area contributed by atoms with Gasteiger partial charge in [-0.1, -0.05) is 13.0 Å². The molecule has 2 unspecified atom stereocenters. The van der Waals surface area contributed by atoms with E-state index in [4.69, 9.17) is 9.47 Å². The second-order valence-corrected chi connectivity index (χ2v) is 4.93. The second-order valence-electron chi connectivity index (χ2n) is 4.93. The SMILES string of the molecule is CCCNC(C)c1ccc(OC2CCOC2=O)c(F)c1. The zero-order valence-electron chi connectivity index (χ0n) is 11.8. The van der Waals surface area contributed by atoms with Crippen LogP contribution in [0.5, 0.6) is 5.75 Å². The van der Waals surface area contributed by atoms with Crippen molar-refractivity contribution in [1.82, 2.24) is 5.32 Å². The van der Waals surface area contributed by atoms with Crippen molar-refractivity contribution in [2.75, 3.05) is 13.2 Å². The smallest absolute Gasteiger partial charge is 0.347 e. The van der Waals surface area contributed by atoms with E-state index < -0.39 is 17.9 Å². The minimum atomic E-state index is -0.689. The molecule has 0 bridgehead atoms. The molecule has 0 radical (unpaired) electrons. The van der Waals surface area contributed by atoms with Gasteiger partial charge < -0.3 is 14.8 Å². The van der Waals surface area contributed by atoms with E-state index >= 15 is 0 Å². The van der Waals surface area contributed by atoms with Gasteiger partial charge in [0.05, 0.1) is 6.61 Å². The Morgan fingerprint density at radius 1 is 1.55 bits per heavy atom. The van der Waals surface area contributed by atoms with Crippen molar-refractivity contribution in [1.29, 1.82) is 0 Å². The summed E-state index contributed by atoms with van der Waals surface area (Å²) >= 11 is 0. The number of cyclic esters (lactones) is 1. The van der Waals surface area contributed by atoms with Crippen molar-refractivity contribution in [3.8, 4) is 5.75 Å². The molecule has 0 saturated carbocycles. The van der Waals surface area contributed by atoms with Gasteiger partial charge in [-0.05, 0) is 37.6 Å². The van der Waals surface area contributed by atoms with Crippen LogP contribution in [0.25, 0.3) is 0 Å². The van der Waals surface area contributed by atoms with E-state index in [2.05, 4.69) is 12.2 Å². The van der Waals surface area contributed by atoms with Gasteiger partial charge in [0.25, 0.3) is 0 Å². The summed E-state index contributed by atoms with van der Waals surface area (Å²) in [5.74, 6) is -0.779. The highest BCUT2D eigenvalue weighted by Crippen LogP contribution is 2.24. The Morgan fingerprint density at radius 3 is 2.95 bits per heavy atom. The predicted octanol–water partition coefficient (Wildman–Crippen LogP) is 2.58. The third kappa shape index (κ3) is 3.48. The van der Waals surface area contributed by atoms with Gasteiger partial charge in [0.1, 0.15) is 0 Å². The molecule has 1 fully saturated rings.